The van der Waals surface area contributed by atoms with Crippen LogP contribution >= 0.6 is 11.3 Å². The first-order valence-corrected chi connectivity index (χ1v) is 8.61. The number of ketones is 1. The van der Waals surface area contributed by atoms with Gasteiger partial charge in [0.05, 0.1) is 11.9 Å². The Labute approximate surface area is 148 Å². The first-order valence-electron chi connectivity index (χ1n) is 7.79. The number of hydrogen-bond acceptors (Lipinski definition) is 6. The predicted molar refractivity (Wildman–Crippen MR) is 97.9 cm³/mol. The minimum absolute atomic E-state index is 0.0671. The summed E-state index contributed by atoms with van der Waals surface area (Å²) in [4.78, 5) is 21.0. The molecule has 0 atom stereocenters. The second-order valence-corrected chi connectivity index (χ2v) is 6.57. The lowest BCUT2D eigenvalue weighted by molar-refractivity contribution is 0.101. The number of pyridine rings is 1. The van der Waals surface area contributed by atoms with Crippen molar-refractivity contribution in [3.05, 3.63) is 66.1 Å². The fraction of sp³-hybridized carbons (Fsp3) is 0.111. The van der Waals surface area contributed by atoms with E-state index >= 15 is 0 Å². The maximum absolute atomic E-state index is 11.5. The monoisotopic (exact) mass is 349 g/mol. The molecule has 0 aliphatic carbocycles. The summed E-state index contributed by atoms with van der Waals surface area (Å²) in [7, 11) is 0. The van der Waals surface area contributed by atoms with Crippen LogP contribution in [0.25, 0.3) is 16.2 Å². The van der Waals surface area contributed by atoms with E-state index in [1.165, 1.54) is 11.3 Å². The van der Waals surface area contributed by atoms with E-state index in [0.717, 1.165) is 26.9 Å². The van der Waals surface area contributed by atoms with Crippen LogP contribution in [0.2, 0.25) is 0 Å². The molecule has 124 valence electrons. The van der Waals surface area contributed by atoms with Crippen molar-refractivity contribution >= 4 is 27.2 Å². The van der Waals surface area contributed by atoms with E-state index in [-0.39, 0.29) is 5.78 Å². The van der Waals surface area contributed by atoms with Crippen LogP contribution in [0.4, 0.5) is 5.13 Å². The summed E-state index contributed by atoms with van der Waals surface area (Å²) in [5, 5.41) is 8.58. The van der Waals surface area contributed by atoms with Crippen LogP contribution < -0.4 is 5.32 Å². The number of hydrogen-bond donors (Lipinski definition) is 1. The van der Waals surface area contributed by atoms with Crippen molar-refractivity contribution in [3.63, 3.8) is 0 Å². The number of aromatic nitrogens is 4. The molecule has 0 bridgehead atoms. The molecule has 0 saturated carbocycles. The van der Waals surface area contributed by atoms with E-state index in [1.807, 2.05) is 42.6 Å². The standard InChI is InChI=1S/C18H15N5OS/c1-12(24)14-5-2-4-13(8-14)9-20-17-22-23-11-16(21-18(23)25-17)15-6-3-7-19-10-15/h2-8,10-11H,9H2,1H3,(H,20,22). The first-order chi connectivity index (χ1) is 12.2. The highest BCUT2D eigenvalue weighted by atomic mass is 32.1. The molecule has 3 aromatic heterocycles. The quantitative estimate of drug-likeness (QED) is 0.557. The van der Waals surface area contributed by atoms with Crippen molar-refractivity contribution in [2.24, 2.45) is 0 Å². The molecule has 6 nitrogen and oxygen atoms in total. The molecule has 4 rings (SSSR count). The summed E-state index contributed by atoms with van der Waals surface area (Å²) in [5.74, 6) is 0.0671. The molecule has 1 N–H and O–H groups in total. The molecule has 4 aromatic rings. The number of nitrogens with one attached hydrogen (secondary N) is 1. The third-order valence-electron chi connectivity index (χ3n) is 3.78. The molecule has 0 radical (unpaired) electrons. The zero-order valence-corrected chi connectivity index (χ0v) is 14.3. The van der Waals surface area contributed by atoms with Crippen molar-refractivity contribution in [1.82, 2.24) is 19.6 Å². The maximum Gasteiger partial charge on any atom is 0.214 e. The lowest BCUT2D eigenvalue weighted by Gasteiger charge is -2.04. The average Bonchev–Trinajstić information content (AvgIpc) is 3.19. The van der Waals surface area contributed by atoms with Crippen molar-refractivity contribution in [1.29, 1.82) is 0 Å². The predicted octanol–water partition coefficient (Wildman–Crippen LogP) is 3.67. The van der Waals surface area contributed by atoms with Gasteiger partial charge >= 0.3 is 0 Å². The largest absolute Gasteiger partial charge is 0.356 e. The Morgan fingerprint density at radius 1 is 1.28 bits per heavy atom. The normalized spacial score (nSPS) is 10.9. The van der Waals surface area contributed by atoms with E-state index in [0.29, 0.717) is 12.1 Å². The van der Waals surface area contributed by atoms with E-state index in [4.69, 9.17) is 0 Å². The smallest absolute Gasteiger partial charge is 0.214 e. The third-order valence-corrected chi connectivity index (χ3v) is 4.66. The van der Waals surface area contributed by atoms with Gasteiger partial charge in [-0.05, 0) is 30.7 Å². The Bertz CT molecular complexity index is 1010. The number of imidazole rings is 1. The molecular weight excluding hydrogens is 334 g/mol. The zero-order chi connectivity index (χ0) is 17.2. The van der Waals surface area contributed by atoms with Gasteiger partial charge in [0.15, 0.2) is 5.78 Å². The maximum atomic E-state index is 11.5. The highest BCUT2D eigenvalue weighted by Crippen LogP contribution is 2.24. The lowest BCUT2D eigenvalue weighted by Crippen LogP contribution is -2.01. The molecule has 0 fully saturated rings. The molecule has 0 amide bonds. The third kappa shape index (κ3) is 3.27. The SMILES string of the molecule is CC(=O)c1cccc(CNc2nn3cc(-c4cccnc4)nc3s2)c1. The number of carbonyl (C=O) groups excluding carboxylic acids is 1. The molecule has 7 heteroatoms. The molecule has 3 heterocycles. The van der Waals surface area contributed by atoms with Crippen molar-refractivity contribution in [2.45, 2.75) is 13.5 Å². The van der Waals surface area contributed by atoms with E-state index < -0.39 is 0 Å². The lowest BCUT2D eigenvalue weighted by atomic mass is 10.1. The van der Waals surface area contributed by atoms with Crippen molar-refractivity contribution in [3.8, 4) is 11.3 Å². The van der Waals surface area contributed by atoms with E-state index in [9.17, 15) is 4.79 Å². The van der Waals surface area contributed by atoms with Crippen molar-refractivity contribution < 1.29 is 4.79 Å². The number of fused-ring (bicyclic) bond motifs is 1. The van der Waals surface area contributed by atoms with Crippen LogP contribution in [0, 0.1) is 0 Å². The Morgan fingerprint density at radius 3 is 2.96 bits per heavy atom. The molecule has 0 unspecified atom stereocenters. The molecule has 0 saturated heterocycles. The van der Waals surface area contributed by atoms with Crippen LogP contribution in [-0.4, -0.2) is 25.4 Å². The molecule has 25 heavy (non-hydrogen) atoms. The minimum atomic E-state index is 0.0671. The molecule has 0 aliphatic heterocycles. The van der Waals surface area contributed by atoms with Gasteiger partial charge in [-0.25, -0.2) is 9.50 Å². The highest BCUT2D eigenvalue weighted by molar-refractivity contribution is 7.20. The Morgan fingerprint density at radius 2 is 2.20 bits per heavy atom. The number of Topliss-reactive ketones (excluding diaryl/α,β-unsaturated/α-hetero) is 1. The van der Waals surface area contributed by atoms with Crippen LogP contribution in [0.15, 0.2) is 55.0 Å². The number of anilines is 1. The highest BCUT2D eigenvalue weighted by Gasteiger charge is 2.10. The van der Waals surface area contributed by atoms with Gasteiger partial charge in [-0.15, -0.1) is 5.10 Å². The fourth-order valence-corrected chi connectivity index (χ4v) is 3.28. The number of nitrogens with zero attached hydrogens (tertiary/aromatic N) is 4. The van der Waals surface area contributed by atoms with Gasteiger partial charge in [0.25, 0.3) is 0 Å². The Kier molecular flexibility index (Phi) is 3.99. The summed E-state index contributed by atoms with van der Waals surface area (Å²) < 4.78 is 1.77. The average molecular weight is 349 g/mol. The Hall–Kier alpha value is -3.06. The summed E-state index contributed by atoms with van der Waals surface area (Å²) in [6, 6.07) is 11.5. The second kappa shape index (κ2) is 6.45. The van der Waals surface area contributed by atoms with Gasteiger partial charge in [0.1, 0.15) is 0 Å². The van der Waals surface area contributed by atoms with Gasteiger partial charge < -0.3 is 5.32 Å². The minimum Gasteiger partial charge on any atom is -0.356 e. The number of carbonyl (C=O) groups is 1. The summed E-state index contributed by atoms with van der Waals surface area (Å²) in [5.41, 5.74) is 3.58. The fourth-order valence-electron chi connectivity index (χ4n) is 2.50. The zero-order valence-electron chi connectivity index (χ0n) is 13.5. The Balaban J connectivity index is 1.50. The topological polar surface area (TPSA) is 72.2 Å². The van der Waals surface area contributed by atoms with Crippen LogP contribution in [0.3, 0.4) is 0 Å². The first kappa shape index (κ1) is 15.5. The number of rotatable bonds is 5. The van der Waals surface area contributed by atoms with Gasteiger partial charge in [0.2, 0.25) is 10.1 Å². The van der Waals surface area contributed by atoms with Gasteiger partial charge in [0, 0.05) is 30.1 Å². The van der Waals surface area contributed by atoms with E-state index in [1.54, 1.807) is 23.8 Å². The van der Waals surface area contributed by atoms with E-state index in [2.05, 4.69) is 20.4 Å². The van der Waals surface area contributed by atoms with Crippen LogP contribution in [0.1, 0.15) is 22.8 Å². The molecular formula is C18H15N5OS. The summed E-state index contributed by atoms with van der Waals surface area (Å²) >= 11 is 1.48. The van der Waals surface area contributed by atoms with Crippen LogP contribution in [-0.2, 0) is 6.54 Å². The van der Waals surface area contributed by atoms with Crippen LogP contribution in [0.5, 0.6) is 0 Å². The van der Waals surface area contributed by atoms with Gasteiger partial charge in [-0.3, -0.25) is 9.78 Å². The summed E-state index contributed by atoms with van der Waals surface area (Å²) in [6.45, 7) is 2.18. The second-order valence-electron chi connectivity index (χ2n) is 5.61. The molecule has 0 aliphatic rings. The van der Waals surface area contributed by atoms with Crippen molar-refractivity contribution in [2.75, 3.05) is 5.32 Å². The van der Waals surface area contributed by atoms with Gasteiger partial charge in [-0.2, -0.15) is 0 Å². The molecule has 1 aromatic carbocycles. The molecule has 0 spiro atoms. The van der Waals surface area contributed by atoms with Gasteiger partial charge in [-0.1, -0.05) is 29.5 Å². The summed E-state index contributed by atoms with van der Waals surface area (Å²) in [6.07, 6.45) is 5.42. The number of benzene rings is 1.